The Bertz CT molecular complexity index is 876. The molecule has 0 aliphatic heterocycles. The van der Waals surface area contributed by atoms with Crippen LogP contribution in [0.2, 0.25) is 0 Å². The predicted molar refractivity (Wildman–Crippen MR) is 101 cm³/mol. The third kappa shape index (κ3) is 3.38. The van der Waals surface area contributed by atoms with Crippen molar-refractivity contribution in [3.63, 3.8) is 0 Å². The molecule has 0 unspecified atom stereocenters. The van der Waals surface area contributed by atoms with E-state index in [-0.39, 0.29) is 0 Å². The number of nitrogens with two attached hydrogens (primary N) is 1. The SMILES string of the molecule is COc1cc(OC)c(-c2cc(N)cc(-c3ccccc3)c2)cc1OC. The Labute approximate surface area is 147 Å². The van der Waals surface area contributed by atoms with Crippen molar-refractivity contribution in [2.45, 2.75) is 0 Å². The van der Waals surface area contributed by atoms with Crippen LogP contribution in [0.25, 0.3) is 22.3 Å². The molecule has 0 aliphatic carbocycles. The van der Waals surface area contributed by atoms with Crippen LogP contribution in [0.5, 0.6) is 17.2 Å². The Hall–Kier alpha value is -3.14. The summed E-state index contributed by atoms with van der Waals surface area (Å²) in [6, 6.07) is 19.8. The highest BCUT2D eigenvalue weighted by molar-refractivity contribution is 5.81. The standard InChI is InChI=1S/C21H21NO3/c1-23-19-13-21(25-3)20(24-2)12-18(19)16-9-15(10-17(22)11-16)14-7-5-4-6-8-14/h4-13H,22H2,1-3H3. The normalized spacial score (nSPS) is 10.4. The molecule has 128 valence electrons. The first kappa shape index (κ1) is 16.7. The van der Waals surface area contributed by atoms with Crippen molar-refractivity contribution >= 4 is 5.69 Å². The summed E-state index contributed by atoms with van der Waals surface area (Å²) in [5, 5.41) is 0. The molecule has 0 aromatic heterocycles. The zero-order valence-corrected chi connectivity index (χ0v) is 14.6. The van der Waals surface area contributed by atoms with E-state index in [0.717, 1.165) is 22.3 Å². The Kier molecular flexibility index (Phi) is 4.80. The Balaban J connectivity index is 2.18. The molecule has 4 nitrogen and oxygen atoms in total. The lowest BCUT2D eigenvalue weighted by Gasteiger charge is -2.15. The maximum Gasteiger partial charge on any atom is 0.164 e. The predicted octanol–water partition coefficient (Wildman–Crippen LogP) is 4.63. The number of hydrogen-bond acceptors (Lipinski definition) is 4. The maximum absolute atomic E-state index is 6.16. The lowest BCUT2D eigenvalue weighted by atomic mass is 9.97. The summed E-state index contributed by atoms with van der Waals surface area (Å²) in [5.74, 6) is 1.96. The molecular weight excluding hydrogens is 314 g/mol. The van der Waals surface area contributed by atoms with Gasteiger partial charge in [-0.15, -0.1) is 0 Å². The summed E-state index contributed by atoms with van der Waals surface area (Å²) in [6.45, 7) is 0. The van der Waals surface area contributed by atoms with Crippen LogP contribution in [0.15, 0.2) is 60.7 Å². The minimum Gasteiger partial charge on any atom is -0.496 e. The monoisotopic (exact) mass is 335 g/mol. The Morgan fingerprint density at radius 3 is 1.84 bits per heavy atom. The molecule has 3 rings (SSSR count). The number of anilines is 1. The smallest absolute Gasteiger partial charge is 0.164 e. The number of rotatable bonds is 5. The van der Waals surface area contributed by atoms with Crippen molar-refractivity contribution in [1.29, 1.82) is 0 Å². The van der Waals surface area contributed by atoms with Gasteiger partial charge in [-0.2, -0.15) is 0 Å². The van der Waals surface area contributed by atoms with Crippen LogP contribution in [0, 0.1) is 0 Å². The fourth-order valence-corrected chi connectivity index (χ4v) is 2.86. The summed E-state index contributed by atoms with van der Waals surface area (Å²) in [4.78, 5) is 0. The fraction of sp³-hybridized carbons (Fsp3) is 0.143. The van der Waals surface area contributed by atoms with Gasteiger partial charge in [0.25, 0.3) is 0 Å². The van der Waals surface area contributed by atoms with Crippen molar-refractivity contribution in [3.8, 4) is 39.5 Å². The zero-order valence-electron chi connectivity index (χ0n) is 14.6. The van der Waals surface area contributed by atoms with Crippen LogP contribution >= 0.6 is 0 Å². The van der Waals surface area contributed by atoms with Crippen LogP contribution in [-0.4, -0.2) is 21.3 Å². The van der Waals surface area contributed by atoms with Gasteiger partial charge in [0, 0.05) is 17.3 Å². The van der Waals surface area contributed by atoms with Gasteiger partial charge in [0.2, 0.25) is 0 Å². The van der Waals surface area contributed by atoms with Crippen molar-refractivity contribution in [2.75, 3.05) is 27.1 Å². The molecule has 0 saturated carbocycles. The quantitative estimate of drug-likeness (QED) is 0.691. The number of methoxy groups -OCH3 is 3. The van der Waals surface area contributed by atoms with Crippen molar-refractivity contribution in [3.05, 3.63) is 60.7 Å². The lowest BCUT2D eigenvalue weighted by molar-refractivity contribution is 0.349. The molecule has 0 heterocycles. The summed E-state index contributed by atoms with van der Waals surface area (Å²) >= 11 is 0. The molecule has 0 spiro atoms. The van der Waals surface area contributed by atoms with E-state index in [9.17, 15) is 0 Å². The minimum atomic E-state index is 0.621. The van der Waals surface area contributed by atoms with Gasteiger partial charge >= 0.3 is 0 Å². The molecule has 0 amide bonds. The molecule has 0 bridgehead atoms. The molecular formula is C21H21NO3. The highest BCUT2D eigenvalue weighted by Gasteiger charge is 2.14. The first-order valence-electron chi connectivity index (χ1n) is 7.92. The number of ether oxygens (including phenoxy) is 3. The number of nitrogen functional groups attached to an aromatic ring is 1. The third-order valence-electron chi connectivity index (χ3n) is 4.08. The van der Waals surface area contributed by atoms with Gasteiger partial charge in [-0.25, -0.2) is 0 Å². The summed E-state index contributed by atoms with van der Waals surface area (Å²) in [7, 11) is 4.85. The van der Waals surface area contributed by atoms with Gasteiger partial charge in [0.05, 0.1) is 21.3 Å². The molecule has 0 radical (unpaired) electrons. The van der Waals surface area contributed by atoms with E-state index in [1.807, 2.05) is 42.5 Å². The largest absolute Gasteiger partial charge is 0.496 e. The van der Waals surface area contributed by atoms with Gasteiger partial charge in [-0.3, -0.25) is 0 Å². The average Bonchev–Trinajstić information content (AvgIpc) is 2.67. The van der Waals surface area contributed by atoms with Crippen molar-refractivity contribution < 1.29 is 14.2 Å². The first-order valence-corrected chi connectivity index (χ1v) is 7.92. The van der Waals surface area contributed by atoms with Gasteiger partial charge in [-0.1, -0.05) is 30.3 Å². The minimum absolute atomic E-state index is 0.621. The Morgan fingerprint density at radius 1 is 0.600 bits per heavy atom. The molecule has 0 saturated heterocycles. The Morgan fingerprint density at radius 2 is 1.20 bits per heavy atom. The number of hydrogen-bond donors (Lipinski definition) is 1. The molecule has 0 atom stereocenters. The van der Waals surface area contributed by atoms with E-state index >= 15 is 0 Å². The van der Waals surface area contributed by atoms with E-state index in [0.29, 0.717) is 22.9 Å². The van der Waals surface area contributed by atoms with E-state index in [1.165, 1.54) is 0 Å². The van der Waals surface area contributed by atoms with E-state index in [1.54, 1.807) is 21.3 Å². The maximum atomic E-state index is 6.16. The second kappa shape index (κ2) is 7.18. The molecule has 0 aliphatic rings. The van der Waals surface area contributed by atoms with Gasteiger partial charge in [0.15, 0.2) is 11.5 Å². The third-order valence-corrected chi connectivity index (χ3v) is 4.08. The van der Waals surface area contributed by atoms with Crippen LogP contribution in [0.4, 0.5) is 5.69 Å². The second-order valence-corrected chi connectivity index (χ2v) is 5.62. The van der Waals surface area contributed by atoms with Crippen molar-refractivity contribution in [1.82, 2.24) is 0 Å². The summed E-state index contributed by atoms with van der Waals surface area (Å²) in [6.07, 6.45) is 0. The zero-order chi connectivity index (χ0) is 17.8. The summed E-state index contributed by atoms with van der Waals surface area (Å²) < 4.78 is 16.3. The van der Waals surface area contributed by atoms with Gasteiger partial charge < -0.3 is 19.9 Å². The highest BCUT2D eigenvalue weighted by Crippen LogP contribution is 2.41. The van der Waals surface area contributed by atoms with Crippen LogP contribution in [0.3, 0.4) is 0 Å². The molecule has 4 heteroatoms. The first-order chi connectivity index (χ1) is 12.2. The fourth-order valence-electron chi connectivity index (χ4n) is 2.86. The van der Waals surface area contributed by atoms with Gasteiger partial charge in [-0.05, 0) is 41.0 Å². The molecule has 25 heavy (non-hydrogen) atoms. The van der Waals surface area contributed by atoms with E-state index in [2.05, 4.69) is 18.2 Å². The number of benzene rings is 3. The summed E-state index contributed by atoms with van der Waals surface area (Å²) in [5.41, 5.74) is 10.8. The topological polar surface area (TPSA) is 53.7 Å². The second-order valence-electron chi connectivity index (χ2n) is 5.62. The molecule has 3 aromatic carbocycles. The van der Waals surface area contributed by atoms with Crippen LogP contribution in [0.1, 0.15) is 0 Å². The molecule has 0 fully saturated rings. The van der Waals surface area contributed by atoms with Crippen molar-refractivity contribution in [2.24, 2.45) is 0 Å². The molecule has 2 N–H and O–H groups in total. The van der Waals surface area contributed by atoms with Crippen LogP contribution in [-0.2, 0) is 0 Å². The van der Waals surface area contributed by atoms with Crippen LogP contribution < -0.4 is 19.9 Å². The van der Waals surface area contributed by atoms with Gasteiger partial charge in [0.1, 0.15) is 5.75 Å². The lowest BCUT2D eigenvalue weighted by Crippen LogP contribution is -1.96. The average molecular weight is 335 g/mol. The van der Waals surface area contributed by atoms with E-state index in [4.69, 9.17) is 19.9 Å². The highest BCUT2D eigenvalue weighted by atomic mass is 16.5. The van der Waals surface area contributed by atoms with E-state index < -0.39 is 0 Å². The molecule has 3 aromatic rings.